The molecule has 2 heterocycles. The maximum absolute atomic E-state index is 10.3. The Morgan fingerprint density at radius 2 is 2.04 bits per heavy atom. The number of aliphatic hydroxyl groups is 1. The lowest BCUT2D eigenvalue weighted by Gasteiger charge is -2.14. The average Bonchev–Trinajstić information content (AvgIpc) is 3.04. The van der Waals surface area contributed by atoms with Crippen LogP contribution in [0.3, 0.4) is 0 Å². The van der Waals surface area contributed by atoms with E-state index in [1.54, 1.807) is 17.2 Å². The van der Waals surface area contributed by atoms with E-state index in [9.17, 15) is 10.1 Å². The first-order chi connectivity index (χ1) is 12.1. The van der Waals surface area contributed by atoms with Crippen molar-refractivity contribution in [1.29, 1.82) is 0 Å². The molecule has 0 amide bonds. The number of hydrogen-bond donors (Lipinski definition) is 2. The Morgan fingerprint density at radius 3 is 2.60 bits per heavy atom. The molecule has 25 heavy (non-hydrogen) atoms. The van der Waals surface area contributed by atoms with Gasteiger partial charge in [0.25, 0.3) is 5.96 Å². The summed E-state index contributed by atoms with van der Waals surface area (Å²) >= 11 is 5.68. The molecule has 1 aromatic carbocycles. The number of nitro groups is 1. The van der Waals surface area contributed by atoms with E-state index in [1.165, 1.54) is 0 Å². The molecule has 3 rings (SSSR count). The van der Waals surface area contributed by atoms with Gasteiger partial charge in [0.05, 0.1) is 6.61 Å². The number of aromatic nitrogens is 1. The SMILES string of the molecule is O=[N+]([O-])/N=C1\NCCN1Cc1ccc(Cl)nc1.OCc1ccccc1. The molecule has 1 aliphatic heterocycles. The zero-order valence-electron chi connectivity index (χ0n) is 13.4. The van der Waals surface area contributed by atoms with Crippen LogP contribution in [0.25, 0.3) is 0 Å². The van der Waals surface area contributed by atoms with Gasteiger partial charge in [-0.1, -0.05) is 48.0 Å². The van der Waals surface area contributed by atoms with E-state index < -0.39 is 5.03 Å². The Balaban J connectivity index is 0.000000236. The minimum Gasteiger partial charge on any atom is -0.392 e. The topological polar surface area (TPSA) is 104 Å². The first-order valence-corrected chi connectivity index (χ1v) is 7.93. The summed E-state index contributed by atoms with van der Waals surface area (Å²) in [6.45, 7) is 1.98. The number of nitrogens with zero attached hydrogens (tertiary/aromatic N) is 4. The van der Waals surface area contributed by atoms with Crippen LogP contribution >= 0.6 is 11.6 Å². The van der Waals surface area contributed by atoms with Gasteiger partial charge in [-0.3, -0.25) is 0 Å². The quantitative estimate of drug-likeness (QED) is 0.488. The molecule has 0 radical (unpaired) electrons. The van der Waals surface area contributed by atoms with Crippen LogP contribution in [0, 0.1) is 10.1 Å². The maximum Gasteiger partial charge on any atom is 0.271 e. The van der Waals surface area contributed by atoms with Gasteiger partial charge < -0.3 is 15.3 Å². The third-order valence-corrected chi connectivity index (χ3v) is 3.55. The van der Waals surface area contributed by atoms with Gasteiger partial charge in [0.1, 0.15) is 10.3 Å². The van der Waals surface area contributed by atoms with E-state index in [-0.39, 0.29) is 12.6 Å². The summed E-state index contributed by atoms with van der Waals surface area (Å²) in [5.74, 6) is 0.282. The number of hydrogen-bond acceptors (Lipinski definition) is 4. The van der Waals surface area contributed by atoms with Crippen molar-refractivity contribution in [2.45, 2.75) is 13.2 Å². The lowest BCUT2D eigenvalue weighted by molar-refractivity contribution is -0.485. The molecule has 0 unspecified atom stereocenters. The maximum atomic E-state index is 10.3. The Hall–Kier alpha value is -2.71. The summed E-state index contributed by atoms with van der Waals surface area (Å²) in [5.41, 5.74) is 1.89. The molecule has 0 saturated carbocycles. The largest absolute Gasteiger partial charge is 0.392 e. The fraction of sp³-hybridized carbons (Fsp3) is 0.250. The minimum atomic E-state index is -0.708. The summed E-state index contributed by atoms with van der Waals surface area (Å²) in [5, 5.41) is 24.7. The van der Waals surface area contributed by atoms with E-state index in [0.717, 1.165) is 11.1 Å². The molecule has 1 fully saturated rings. The molecule has 0 atom stereocenters. The predicted octanol–water partition coefficient (Wildman–Crippen LogP) is 1.87. The standard InChI is InChI=1S/C9H10ClN5O2.C7H8O/c10-8-2-1-7(5-12-8)6-14-4-3-11-9(14)13-15(16)17;8-6-7-4-2-1-3-5-7/h1-2,5H,3-4,6H2,(H,11,13);1-5,8H,6H2. The van der Waals surface area contributed by atoms with Gasteiger partial charge in [0.2, 0.25) is 0 Å². The van der Waals surface area contributed by atoms with Crippen molar-refractivity contribution in [2.24, 2.45) is 5.10 Å². The molecule has 2 N–H and O–H groups in total. The van der Waals surface area contributed by atoms with Crippen molar-refractivity contribution in [3.63, 3.8) is 0 Å². The highest BCUT2D eigenvalue weighted by Gasteiger charge is 2.21. The van der Waals surface area contributed by atoms with E-state index in [0.29, 0.717) is 24.8 Å². The molecular formula is C16H18ClN5O3. The number of benzene rings is 1. The molecule has 1 aliphatic rings. The Morgan fingerprint density at radius 1 is 1.28 bits per heavy atom. The van der Waals surface area contributed by atoms with Crippen molar-refractivity contribution < 1.29 is 10.1 Å². The van der Waals surface area contributed by atoms with Crippen molar-refractivity contribution in [3.05, 3.63) is 75.1 Å². The van der Waals surface area contributed by atoms with Crippen LogP contribution in [-0.4, -0.2) is 39.1 Å². The minimum absolute atomic E-state index is 0.140. The number of halogens is 1. The molecule has 0 bridgehead atoms. The number of aliphatic hydroxyl groups excluding tert-OH is 1. The molecular weight excluding hydrogens is 346 g/mol. The fourth-order valence-electron chi connectivity index (χ4n) is 2.15. The van der Waals surface area contributed by atoms with Crippen molar-refractivity contribution in [1.82, 2.24) is 15.2 Å². The van der Waals surface area contributed by atoms with Gasteiger partial charge in [0, 0.05) is 25.8 Å². The van der Waals surface area contributed by atoms with Gasteiger partial charge in [-0.25, -0.2) is 15.1 Å². The van der Waals surface area contributed by atoms with Crippen LogP contribution in [0.2, 0.25) is 5.15 Å². The molecule has 8 nitrogen and oxygen atoms in total. The normalized spacial score (nSPS) is 14.6. The van der Waals surface area contributed by atoms with E-state index >= 15 is 0 Å². The van der Waals surface area contributed by atoms with Crippen molar-refractivity contribution >= 4 is 17.6 Å². The van der Waals surface area contributed by atoms with Gasteiger partial charge in [-0.15, -0.1) is 0 Å². The molecule has 9 heteroatoms. The Bertz CT molecular complexity index is 709. The van der Waals surface area contributed by atoms with Crippen LogP contribution in [-0.2, 0) is 13.2 Å². The second-order valence-electron chi connectivity index (χ2n) is 5.14. The summed E-state index contributed by atoms with van der Waals surface area (Å²) < 4.78 is 0. The molecule has 0 aliphatic carbocycles. The number of rotatable bonds is 4. The zero-order chi connectivity index (χ0) is 18.1. The summed E-state index contributed by atoms with van der Waals surface area (Å²) in [6.07, 6.45) is 1.64. The number of pyridine rings is 1. The van der Waals surface area contributed by atoms with E-state index in [1.807, 2.05) is 36.4 Å². The lowest BCUT2D eigenvalue weighted by Crippen LogP contribution is -2.30. The molecule has 0 spiro atoms. The first kappa shape index (κ1) is 18.6. The molecule has 2 aromatic rings. The lowest BCUT2D eigenvalue weighted by atomic mass is 10.2. The zero-order valence-corrected chi connectivity index (χ0v) is 14.1. The van der Waals surface area contributed by atoms with Crippen LogP contribution in [0.5, 0.6) is 0 Å². The molecule has 1 aromatic heterocycles. The van der Waals surface area contributed by atoms with Crippen molar-refractivity contribution in [3.8, 4) is 0 Å². The molecule has 132 valence electrons. The third kappa shape index (κ3) is 6.36. The van der Waals surface area contributed by atoms with Crippen LogP contribution in [0.4, 0.5) is 0 Å². The van der Waals surface area contributed by atoms with Gasteiger partial charge >= 0.3 is 0 Å². The van der Waals surface area contributed by atoms with Gasteiger partial charge in [0.15, 0.2) is 5.03 Å². The van der Waals surface area contributed by atoms with Crippen molar-refractivity contribution in [2.75, 3.05) is 13.1 Å². The summed E-state index contributed by atoms with van der Waals surface area (Å²) in [7, 11) is 0. The van der Waals surface area contributed by atoms with E-state index in [2.05, 4.69) is 15.4 Å². The van der Waals surface area contributed by atoms with Gasteiger partial charge in [-0.2, -0.15) is 0 Å². The number of nitrogens with one attached hydrogen (secondary N) is 1. The second-order valence-corrected chi connectivity index (χ2v) is 5.53. The predicted molar refractivity (Wildman–Crippen MR) is 94.5 cm³/mol. The fourth-order valence-corrected chi connectivity index (χ4v) is 2.27. The van der Waals surface area contributed by atoms with Gasteiger partial charge in [-0.05, 0) is 17.2 Å². The highest BCUT2D eigenvalue weighted by Crippen LogP contribution is 2.09. The second kappa shape index (κ2) is 9.55. The number of hydrazone groups is 1. The van der Waals surface area contributed by atoms with Crippen LogP contribution in [0.1, 0.15) is 11.1 Å². The summed E-state index contributed by atoms with van der Waals surface area (Å²) in [4.78, 5) is 16.1. The average molecular weight is 364 g/mol. The highest BCUT2D eigenvalue weighted by molar-refractivity contribution is 6.29. The third-order valence-electron chi connectivity index (χ3n) is 3.33. The monoisotopic (exact) mass is 363 g/mol. The first-order valence-electron chi connectivity index (χ1n) is 7.55. The van der Waals surface area contributed by atoms with Crippen LogP contribution in [0.15, 0.2) is 53.8 Å². The molecule has 1 saturated heterocycles. The highest BCUT2D eigenvalue weighted by atomic mass is 35.5. The van der Waals surface area contributed by atoms with E-state index in [4.69, 9.17) is 16.7 Å². The Labute approximate surface area is 149 Å². The summed E-state index contributed by atoms with van der Waals surface area (Å²) in [6, 6.07) is 13.0. The smallest absolute Gasteiger partial charge is 0.271 e. The van der Waals surface area contributed by atoms with Crippen LogP contribution < -0.4 is 5.32 Å². The Kier molecular flexibility index (Phi) is 7.12. The number of guanidine groups is 1.